The summed E-state index contributed by atoms with van der Waals surface area (Å²) in [6, 6.07) is 0. The predicted octanol–water partition coefficient (Wildman–Crippen LogP) is -1.37. The first kappa shape index (κ1) is 8.54. The molecule has 0 saturated carbocycles. The van der Waals surface area contributed by atoms with Crippen LogP contribution in [0.25, 0.3) is 0 Å². The van der Waals surface area contributed by atoms with Gasteiger partial charge >= 0.3 is 5.97 Å². The van der Waals surface area contributed by atoms with Crippen molar-refractivity contribution in [2.75, 3.05) is 0 Å². The lowest BCUT2D eigenvalue weighted by Gasteiger charge is -2.21. The van der Waals surface area contributed by atoms with Crippen LogP contribution in [-0.2, 0) is 15.9 Å². The third kappa shape index (κ3) is 1.74. The predicted molar refractivity (Wildman–Crippen MR) is 29.1 cm³/mol. The van der Waals surface area contributed by atoms with E-state index in [1.165, 1.54) is 0 Å². The lowest BCUT2D eigenvalue weighted by Crippen LogP contribution is -2.48. The van der Waals surface area contributed by atoms with Crippen LogP contribution in [0.1, 0.15) is 6.92 Å². The summed E-state index contributed by atoms with van der Waals surface area (Å²) in [6.07, 6.45) is 0. The highest BCUT2D eigenvalue weighted by Gasteiger charge is 2.28. The van der Waals surface area contributed by atoms with E-state index < -0.39 is 21.9 Å². The Labute approximate surface area is 54.1 Å². The molecule has 0 amide bonds. The number of rotatable bonds is 2. The highest BCUT2D eigenvalue weighted by Crippen LogP contribution is 2.01. The van der Waals surface area contributed by atoms with Gasteiger partial charge in [-0.15, -0.1) is 0 Å². The second-order valence-electron chi connectivity index (χ2n) is 1.65. The minimum Gasteiger partial charge on any atom is -0.770 e. The van der Waals surface area contributed by atoms with Gasteiger partial charge in [0.2, 0.25) is 0 Å². The van der Waals surface area contributed by atoms with Crippen LogP contribution in [0, 0.1) is 0 Å². The third-order valence-electron chi connectivity index (χ3n) is 0.771. The van der Waals surface area contributed by atoms with Gasteiger partial charge in [0.1, 0.15) is 0 Å². The Kier molecular flexibility index (Phi) is 2.30. The largest absolute Gasteiger partial charge is 0.770 e. The maximum Gasteiger partial charge on any atom is 0.335 e. The van der Waals surface area contributed by atoms with Gasteiger partial charge in [0.05, 0.1) is 0 Å². The molecule has 0 radical (unpaired) electrons. The molecule has 0 aromatic heterocycles. The minimum absolute atomic E-state index is 0.901. The van der Waals surface area contributed by atoms with Gasteiger partial charge in [-0.3, -0.25) is 4.21 Å². The highest BCUT2D eigenvalue weighted by molar-refractivity contribution is 7.81. The Morgan fingerprint density at radius 2 is 2.22 bits per heavy atom. The molecule has 0 aromatic rings. The Morgan fingerprint density at radius 3 is 2.22 bits per heavy atom. The van der Waals surface area contributed by atoms with Crippen LogP contribution in [0.15, 0.2) is 0 Å². The molecule has 0 aliphatic heterocycles. The molecule has 0 rings (SSSR count). The summed E-state index contributed by atoms with van der Waals surface area (Å²) >= 11 is -2.78. The zero-order chi connectivity index (χ0) is 7.65. The van der Waals surface area contributed by atoms with E-state index in [-0.39, 0.29) is 0 Å². The SMILES string of the molecule is C[C@](N)(C(=O)O)S(=O)[O-]. The van der Waals surface area contributed by atoms with E-state index in [1.807, 2.05) is 0 Å². The Hall–Kier alpha value is -0.460. The lowest BCUT2D eigenvalue weighted by atomic mass is 10.4. The lowest BCUT2D eigenvalue weighted by molar-refractivity contribution is -0.139. The van der Waals surface area contributed by atoms with E-state index >= 15 is 0 Å². The summed E-state index contributed by atoms with van der Waals surface area (Å²) in [5.41, 5.74) is 4.79. The van der Waals surface area contributed by atoms with Crippen LogP contribution in [0.5, 0.6) is 0 Å². The molecule has 3 N–H and O–H groups in total. The van der Waals surface area contributed by atoms with Gasteiger partial charge in [-0.05, 0) is 18.0 Å². The molecule has 0 bridgehead atoms. The Morgan fingerprint density at radius 1 is 1.89 bits per heavy atom. The molecular formula is C3H6NO4S-. The van der Waals surface area contributed by atoms with Crippen molar-refractivity contribution >= 4 is 17.0 Å². The van der Waals surface area contributed by atoms with Gasteiger partial charge in [-0.1, -0.05) is 0 Å². The molecule has 0 aliphatic carbocycles. The van der Waals surface area contributed by atoms with E-state index in [1.54, 1.807) is 0 Å². The van der Waals surface area contributed by atoms with Crippen LogP contribution in [0.4, 0.5) is 0 Å². The number of carboxylic acid groups (broad SMARTS) is 1. The fourth-order valence-electron chi connectivity index (χ4n) is 0.0713. The summed E-state index contributed by atoms with van der Waals surface area (Å²) in [6.45, 7) is 0.901. The van der Waals surface area contributed by atoms with Crippen LogP contribution < -0.4 is 5.73 Å². The minimum atomic E-state index is -2.78. The van der Waals surface area contributed by atoms with Gasteiger partial charge in [-0.2, -0.15) is 0 Å². The molecule has 0 heterocycles. The molecular weight excluding hydrogens is 146 g/mol. The summed E-state index contributed by atoms with van der Waals surface area (Å²) < 4.78 is 19.9. The van der Waals surface area contributed by atoms with Crippen molar-refractivity contribution in [1.82, 2.24) is 0 Å². The monoisotopic (exact) mass is 152 g/mol. The molecule has 2 atom stereocenters. The van der Waals surface area contributed by atoms with Gasteiger partial charge in [-0.25, -0.2) is 4.79 Å². The molecule has 0 saturated heterocycles. The summed E-state index contributed by atoms with van der Waals surface area (Å²) in [4.78, 5) is 7.78. The Balaban J connectivity index is 4.38. The molecule has 6 heteroatoms. The van der Waals surface area contributed by atoms with E-state index in [0.717, 1.165) is 6.92 Å². The van der Waals surface area contributed by atoms with E-state index in [2.05, 4.69) is 0 Å². The quantitative estimate of drug-likeness (QED) is 0.475. The maximum absolute atomic E-state index is 9.96. The number of hydrogen-bond donors (Lipinski definition) is 2. The van der Waals surface area contributed by atoms with E-state index in [4.69, 9.17) is 10.8 Å². The topological polar surface area (TPSA) is 103 Å². The summed E-state index contributed by atoms with van der Waals surface area (Å²) in [7, 11) is 0. The van der Waals surface area contributed by atoms with Gasteiger partial charge in [0.15, 0.2) is 4.87 Å². The molecule has 0 aromatic carbocycles. The number of carbonyl (C=O) groups is 1. The summed E-state index contributed by atoms with van der Waals surface area (Å²) in [5.74, 6) is -1.56. The molecule has 0 fully saturated rings. The zero-order valence-electron chi connectivity index (χ0n) is 4.66. The zero-order valence-corrected chi connectivity index (χ0v) is 5.47. The van der Waals surface area contributed by atoms with Crippen LogP contribution in [0.2, 0.25) is 0 Å². The maximum atomic E-state index is 9.96. The Bertz CT molecular complexity index is 138. The first-order valence-corrected chi connectivity index (χ1v) is 3.08. The first-order valence-electron chi connectivity index (χ1n) is 2.00. The second-order valence-corrected chi connectivity index (χ2v) is 2.96. The first-order chi connectivity index (χ1) is 3.89. The molecule has 1 unspecified atom stereocenters. The molecule has 5 nitrogen and oxygen atoms in total. The normalized spacial score (nSPS) is 20.3. The number of carboxylic acids is 1. The molecule has 9 heavy (non-hydrogen) atoms. The van der Waals surface area contributed by atoms with E-state index in [9.17, 15) is 13.6 Å². The second kappa shape index (κ2) is 2.42. The van der Waals surface area contributed by atoms with Crippen molar-refractivity contribution in [1.29, 1.82) is 0 Å². The average molecular weight is 152 g/mol. The van der Waals surface area contributed by atoms with Gasteiger partial charge in [0.25, 0.3) is 0 Å². The van der Waals surface area contributed by atoms with Gasteiger partial charge < -0.3 is 15.4 Å². The number of nitrogens with two attached hydrogens (primary N) is 1. The van der Waals surface area contributed by atoms with Crippen molar-refractivity contribution < 1.29 is 18.7 Å². The van der Waals surface area contributed by atoms with Crippen molar-refractivity contribution in [3.05, 3.63) is 0 Å². The number of aliphatic carboxylic acids is 1. The number of hydrogen-bond acceptors (Lipinski definition) is 4. The van der Waals surface area contributed by atoms with Crippen molar-refractivity contribution in [3.8, 4) is 0 Å². The third-order valence-corrected chi connectivity index (χ3v) is 1.64. The van der Waals surface area contributed by atoms with Crippen LogP contribution in [0.3, 0.4) is 0 Å². The fourth-order valence-corrected chi connectivity index (χ4v) is 0.214. The van der Waals surface area contributed by atoms with Crippen molar-refractivity contribution in [3.63, 3.8) is 0 Å². The van der Waals surface area contributed by atoms with Gasteiger partial charge in [0, 0.05) is 0 Å². The average Bonchev–Trinajstić information content (AvgIpc) is 1.65. The van der Waals surface area contributed by atoms with Crippen LogP contribution >= 0.6 is 0 Å². The molecule has 0 aliphatic rings. The molecule has 54 valence electrons. The van der Waals surface area contributed by atoms with Crippen LogP contribution in [-0.4, -0.2) is 24.7 Å². The summed E-state index contributed by atoms with van der Waals surface area (Å²) in [5, 5.41) is 8.09. The highest BCUT2D eigenvalue weighted by atomic mass is 32.2. The van der Waals surface area contributed by atoms with E-state index in [0.29, 0.717) is 0 Å². The molecule has 0 spiro atoms. The van der Waals surface area contributed by atoms with Crippen molar-refractivity contribution in [2.45, 2.75) is 11.8 Å². The standard InChI is InChI=1S/C3H7NO4S/c1-3(4,2(5)6)9(7)8/h4H2,1H3,(H,5,6)(H,7,8)/p-1/t3-/m1/s1. The smallest absolute Gasteiger partial charge is 0.335 e. The van der Waals surface area contributed by atoms with Crippen molar-refractivity contribution in [2.24, 2.45) is 5.73 Å². The fraction of sp³-hybridized carbons (Fsp3) is 0.667.